The lowest BCUT2D eigenvalue weighted by atomic mass is 9.93. The van der Waals surface area contributed by atoms with Crippen LogP contribution in [0, 0.1) is 0 Å². The van der Waals surface area contributed by atoms with Gasteiger partial charge in [0.25, 0.3) is 0 Å². The van der Waals surface area contributed by atoms with Gasteiger partial charge in [0, 0.05) is 12.6 Å². The van der Waals surface area contributed by atoms with E-state index >= 15 is 0 Å². The van der Waals surface area contributed by atoms with E-state index in [4.69, 9.17) is 10.5 Å². The van der Waals surface area contributed by atoms with Crippen LogP contribution < -0.4 is 5.73 Å². The van der Waals surface area contributed by atoms with Gasteiger partial charge in [-0.3, -0.25) is 0 Å². The van der Waals surface area contributed by atoms with E-state index < -0.39 is 0 Å². The van der Waals surface area contributed by atoms with E-state index in [-0.39, 0.29) is 11.1 Å². The smallest absolute Gasteiger partial charge is 0.0625 e. The molecule has 17 heavy (non-hydrogen) atoms. The van der Waals surface area contributed by atoms with E-state index in [1.807, 2.05) is 13.8 Å². The zero-order valence-electron chi connectivity index (χ0n) is 11.7. The second-order valence-corrected chi connectivity index (χ2v) is 5.88. The van der Waals surface area contributed by atoms with Crippen LogP contribution in [0.1, 0.15) is 45.2 Å². The SMILES string of the molecule is COC(C)(C)CCc1ccc(C(C)(C)N)cc1. The van der Waals surface area contributed by atoms with Crippen molar-refractivity contribution < 1.29 is 4.74 Å². The van der Waals surface area contributed by atoms with Crippen molar-refractivity contribution in [1.82, 2.24) is 0 Å². The Morgan fingerprint density at radius 3 is 2.00 bits per heavy atom. The fourth-order valence-corrected chi connectivity index (χ4v) is 1.65. The van der Waals surface area contributed by atoms with Crippen LogP contribution in [-0.4, -0.2) is 12.7 Å². The van der Waals surface area contributed by atoms with Gasteiger partial charge in [0.15, 0.2) is 0 Å². The Morgan fingerprint density at radius 1 is 1.06 bits per heavy atom. The van der Waals surface area contributed by atoms with Crippen molar-refractivity contribution in [2.75, 3.05) is 7.11 Å². The Hall–Kier alpha value is -0.860. The topological polar surface area (TPSA) is 35.2 Å². The maximum atomic E-state index is 6.05. The van der Waals surface area contributed by atoms with Crippen molar-refractivity contribution in [3.8, 4) is 0 Å². The van der Waals surface area contributed by atoms with Gasteiger partial charge in [-0.25, -0.2) is 0 Å². The number of nitrogens with two attached hydrogens (primary N) is 1. The highest BCUT2D eigenvalue weighted by molar-refractivity contribution is 5.27. The van der Waals surface area contributed by atoms with E-state index in [9.17, 15) is 0 Å². The number of methoxy groups -OCH3 is 1. The van der Waals surface area contributed by atoms with Gasteiger partial charge in [0.05, 0.1) is 5.60 Å². The Kier molecular flexibility index (Phi) is 4.34. The molecule has 0 spiro atoms. The fraction of sp³-hybridized carbons (Fsp3) is 0.600. The zero-order chi connectivity index (χ0) is 13.1. The lowest BCUT2D eigenvalue weighted by molar-refractivity contribution is 0.0158. The van der Waals surface area contributed by atoms with Gasteiger partial charge in [-0.2, -0.15) is 0 Å². The number of ether oxygens (including phenoxy) is 1. The van der Waals surface area contributed by atoms with Crippen LogP contribution in [0.15, 0.2) is 24.3 Å². The maximum Gasteiger partial charge on any atom is 0.0625 e. The number of hydrogen-bond acceptors (Lipinski definition) is 2. The summed E-state index contributed by atoms with van der Waals surface area (Å²) < 4.78 is 5.42. The summed E-state index contributed by atoms with van der Waals surface area (Å²) in [5, 5.41) is 0. The summed E-state index contributed by atoms with van der Waals surface area (Å²) in [4.78, 5) is 0. The van der Waals surface area contributed by atoms with Crippen molar-refractivity contribution in [1.29, 1.82) is 0 Å². The molecule has 96 valence electrons. The van der Waals surface area contributed by atoms with E-state index in [1.165, 1.54) is 11.1 Å². The van der Waals surface area contributed by atoms with Crippen LogP contribution in [0.3, 0.4) is 0 Å². The molecule has 0 aliphatic rings. The minimum atomic E-state index is -0.260. The van der Waals surface area contributed by atoms with Gasteiger partial charge in [-0.1, -0.05) is 24.3 Å². The largest absolute Gasteiger partial charge is 0.379 e. The number of rotatable bonds is 5. The van der Waals surface area contributed by atoms with Crippen LogP contribution in [-0.2, 0) is 16.7 Å². The van der Waals surface area contributed by atoms with Crippen LogP contribution in [0.4, 0.5) is 0 Å². The Morgan fingerprint density at radius 2 is 1.59 bits per heavy atom. The highest BCUT2D eigenvalue weighted by Gasteiger charge is 2.16. The molecular weight excluding hydrogens is 210 g/mol. The highest BCUT2D eigenvalue weighted by atomic mass is 16.5. The van der Waals surface area contributed by atoms with E-state index in [0.717, 1.165) is 12.8 Å². The molecular formula is C15H25NO. The molecule has 0 radical (unpaired) electrons. The molecule has 2 heteroatoms. The van der Waals surface area contributed by atoms with Crippen LogP contribution in [0.2, 0.25) is 0 Å². The van der Waals surface area contributed by atoms with Gasteiger partial charge in [-0.15, -0.1) is 0 Å². The Balaban J connectivity index is 2.64. The predicted octanol–water partition coefficient (Wildman–Crippen LogP) is 3.24. The van der Waals surface area contributed by atoms with E-state index in [2.05, 4.69) is 38.1 Å². The summed E-state index contributed by atoms with van der Waals surface area (Å²) in [6.07, 6.45) is 2.06. The van der Waals surface area contributed by atoms with E-state index in [1.54, 1.807) is 7.11 Å². The molecule has 0 atom stereocenters. The summed E-state index contributed by atoms with van der Waals surface area (Å²) >= 11 is 0. The monoisotopic (exact) mass is 235 g/mol. The van der Waals surface area contributed by atoms with Gasteiger partial charge >= 0.3 is 0 Å². The molecule has 2 N–H and O–H groups in total. The molecule has 0 saturated heterocycles. The summed E-state index contributed by atoms with van der Waals surface area (Å²) in [5.41, 5.74) is 8.25. The van der Waals surface area contributed by atoms with Gasteiger partial charge in [0.2, 0.25) is 0 Å². The maximum absolute atomic E-state index is 6.05. The Bertz CT molecular complexity index is 346. The minimum Gasteiger partial charge on any atom is -0.379 e. The standard InChI is InChI=1S/C15H25NO/c1-14(2,17-5)11-10-12-6-8-13(9-7-12)15(3,4)16/h6-9H,10-11,16H2,1-5H3. The molecule has 0 aliphatic carbocycles. The lowest BCUT2D eigenvalue weighted by Gasteiger charge is -2.23. The van der Waals surface area contributed by atoms with Gasteiger partial charge < -0.3 is 10.5 Å². The minimum absolute atomic E-state index is 0.0498. The van der Waals surface area contributed by atoms with E-state index in [0.29, 0.717) is 0 Å². The number of hydrogen-bond donors (Lipinski definition) is 1. The first-order valence-electron chi connectivity index (χ1n) is 6.18. The summed E-state index contributed by atoms with van der Waals surface area (Å²) in [6.45, 7) is 8.28. The average molecular weight is 235 g/mol. The third-order valence-corrected chi connectivity index (χ3v) is 3.27. The second-order valence-electron chi connectivity index (χ2n) is 5.88. The third-order valence-electron chi connectivity index (χ3n) is 3.27. The molecule has 1 aromatic rings. The molecule has 0 unspecified atom stereocenters. The first kappa shape index (κ1) is 14.2. The molecule has 0 aliphatic heterocycles. The van der Waals surface area contributed by atoms with Gasteiger partial charge in [-0.05, 0) is 51.7 Å². The molecule has 0 bridgehead atoms. The summed E-state index contributed by atoms with van der Waals surface area (Å²) in [7, 11) is 1.76. The highest BCUT2D eigenvalue weighted by Crippen LogP contribution is 2.20. The lowest BCUT2D eigenvalue weighted by Crippen LogP contribution is -2.28. The van der Waals surface area contributed by atoms with Gasteiger partial charge in [0.1, 0.15) is 0 Å². The Labute approximate surface area is 105 Å². The molecule has 1 aromatic carbocycles. The summed E-state index contributed by atoms with van der Waals surface area (Å²) in [6, 6.07) is 8.57. The fourth-order valence-electron chi connectivity index (χ4n) is 1.65. The van der Waals surface area contributed by atoms with Crippen molar-refractivity contribution in [3.05, 3.63) is 35.4 Å². The molecule has 0 aromatic heterocycles. The van der Waals surface area contributed by atoms with Crippen molar-refractivity contribution in [2.24, 2.45) is 5.73 Å². The average Bonchev–Trinajstić information content (AvgIpc) is 2.26. The van der Waals surface area contributed by atoms with Crippen molar-refractivity contribution >= 4 is 0 Å². The molecule has 0 saturated carbocycles. The zero-order valence-corrected chi connectivity index (χ0v) is 11.7. The first-order chi connectivity index (χ1) is 7.74. The first-order valence-corrected chi connectivity index (χ1v) is 6.18. The quantitative estimate of drug-likeness (QED) is 0.850. The van der Waals surface area contributed by atoms with Crippen LogP contribution in [0.5, 0.6) is 0 Å². The predicted molar refractivity (Wildman–Crippen MR) is 73.1 cm³/mol. The molecule has 1 rings (SSSR count). The number of benzene rings is 1. The van der Waals surface area contributed by atoms with Crippen LogP contribution in [0.25, 0.3) is 0 Å². The molecule has 0 amide bonds. The normalized spacial score (nSPS) is 12.8. The third kappa shape index (κ3) is 4.49. The number of aryl methyl sites for hydroxylation is 1. The molecule has 0 heterocycles. The second kappa shape index (κ2) is 5.19. The van der Waals surface area contributed by atoms with Crippen molar-refractivity contribution in [3.63, 3.8) is 0 Å². The van der Waals surface area contributed by atoms with Crippen molar-refractivity contribution in [2.45, 2.75) is 51.7 Å². The summed E-state index contributed by atoms with van der Waals surface area (Å²) in [5.74, 6) is 0. The molecule has 0 fully saturated rings. The van der Waals surface area contributed by atoms with Crippen LogP contribution >= 0.6 is 0 Å². The molecule has 2 nitrogen and oxygen atoms in total.